The first-order valence-corrected chi connectivity index (χ1v) is 8.46. The Morgan fingerprint density at radius 1 is 1.57 bits per heavy atom. The minimum absolute atomic E-state index is 0.330. The topological polar surface area (TPSA) is 78.0 Å². The summed E-state index contributed by atoms with van der Waals surface area (Å²) in [5, 5.41) is 13.0. The Kier molecular flexibility index (Phi) is 5.90. The lowest BCUT2D eigenvalue weighted by Gasteiger charge is -2.09. The summed E-state index contributed by atoms with van der Waals surface area (Å²) in [6.07, 6.45) is 2.05. The van der Waals surface area contributed by atoms with E-state index in [0.29, 0.717) is 24.4 Å². The number of carbonyl (C=O) groups is 1. The number of nitrogens with zero attached hydrogens (tertiary/aromatic N) is 1. The number of thioether (sulfide) groups is 1. The fourth-order valence-electron chi connectivity index (χ4n) is 1.94. The van der Waals surface area contributed by atoms with E-state index in [4.69, 9.17) is 11.6 Å². The van der Waals surface area contributed by atoms with Crippen LogP contribution in [0.2, 0.25) is 5.02 Å². The molecule has 1 atom stereocenters. The van der Waals surface area contributed by atoms with E-state index in [9.17, 15) is 9.90 Å². The second-order valence-corrected chi connectivity index (χ2v) is 6.11. The zero-order chi connectivity index (χ0) is 15.2. The van der Waals surface area contributed by atoms with Crippen LogP contribution in [0.5, 0.6) is 0 Å². The number of aliphatic hydroxyl groups excluding tert-OH is 1. The van der Waals surface area contributed by atoms with Crippen molar-refractivity contribution >= 4 is 40.3 Å². The Morgan fingerprint density at radius 2 is 2.38 bits per heavy atom. The molecule has 1 heterocycles. The van der Waals surface area contributed by atoms with Crippen molar-refractivity contribution in [1.29, 1.82) is 0 Å². The van der Waals surface area contributed by atoms with Gasteiger partial charge in [-0.2, -0.15) is 11.8 Å². The van der Waals surface area contributed by atoms with Crippen molar-refractivity contribution in [3.05, 3.63) is 29.0 Å². The minimum atomic E-state index is -0.938. The molecule has 2 rings (SSSR count). The van der Waals surface area contributed by atoms with Crippen LogP contribution in [0.25, 0.3) is 11.0 Å². The van der Waals surface area contributed by atoms with E-state index < -0.39 is 6.10 Å². The number of H-pyrrole nitrogens is 1. The number of aromatic amines is 1. The molecule has 0 aliphatic carbocycles. The highest BCUT2D eigenvalue weighted by atomic mass is 35.5. The Hall–Kier alpha value is -1.24. The van der Waals surface area contributed by atoms with Crippen molar-refractivity contribution < 1.29 is 9.90 Å². The van der Waals surface area contributed by atoms with Gasteiger partial charge in [0.2, 0.25) is 5.91 Å². The molecule has 114 valence electrons. The smallest absolute Gasteiger partial charge is 0.248 e. The summed E-state index contributed by atoms with van der Waals surface area (Å²) >= 11 is 7.52. The van der Waals surface area contributed by atoms with Gasteiger partial charge in [0.05, 0.1) is 11.0 Å². The Bertz CT molecular complexity index is 617. The highest BCUT2D eigenvalue weighted by molar-refractivity contribution is 7.98. The van der Waals surface area contributed by atoms with Crippen LogP contribution in [-0.2, 0) is 11.2 Å². The number of aromatic nitrogens is 2. The van der Waals surface area contributed by atoms with E-state index in [0.717, 1.165) is 22.6 Å². The number of fused-ring (bicyclic) bond motifs is 1. The highest BCUT2D eigenvalue weighted by Crippen LogP contribution is 2.17. The zero-order valence-electron chi connectivity index (χ0n) is 11.7. The summed E-state index contributed by atoms with van der Waals surface area (Å²) in [6, 6.07) is 5.46. The van der Waals surface area contributed by atoms with Crippen LogP contribution in [-0.4, -0.2) is 45.6 Å². The first-order valence-electron chi connectivity index (χ1n) is 6.69. The number of aliphatic hydroxyl groups is 1. The molecular formula is C14H18ClN3O2S. The van der Waals surface area contributed by atoms with Gasteiger partial charge in [0.15, 0.2) is 0 Å². The molecule has 0 unspecified atom stereocenters. The van der Waals surface area contributed by atoms with Gasteiger partial charge in [-0.25, -0.2) is 4.98 Å². The maximum absolute atomic E-state index is 11.6. The lowest BCUT2D eigenvalue weighted by molar-refractivity contribution is -0.129. The molecule has 0 spiro atoms. The molecule has 3 N–H and O–H groups in total. The third kappa shape index (κ3) is 4.62. The first kappa shape index (κ1) is 16.1. The van der Waals surface area contributed by atoms with E-state index in [1.165, 1.54) is 0 Å². The molecule has 0 bridgehead atoms. The van der Waals surface area contributed by atoms with Crippen LogP contribution in [0.4, 0.5) is 0 Å². The lowest BCUT2D eigenvalue weighted by atomic mass is 10.2. The number of halogens is 1. The van der Waals surface area contributed by atoms with Crippen LogP contribution in [0, 0.1) is 0 Å². The number of carbonyl (C=O) groups excluding carboxylic acids is 1. The van der Waals surface area contributed by atoms with Crippen molar-refractivity contribution in [3.63, 3.8) is 0 Å². The van der Waals surface area contributed by atoms with E-state index in [1.54, 1.807) is 17.8 Å². The normalized spacial score (nSPS) is 12.5. The number of benzene rings is 1. The molecule has 0 saturated carbocycles. The first-order chi connectivity index (χ1) is 10.1. The number of hydrogen-bond acceptors (Lipinski definition) is 4. The van der Waals surface area contributed by atoms with Gasteiger partial charge in [-0.15, -0.1) is 0 Å². The molecule has 21 heavy (non-hydrogen) atoms. The number of hydrogen-bond donors (Lipinski definition) is 3. The standard InChI is InChI=1S/C14H18ClN3O2S/c1-21-7-5-12(19)14(20)16-6-4-13-17-10-3-2-9(15)8-11(10)18-13/h2-3,8,12,19H,4-7H2,1H3,(H,16,20)(H,17,18)/t12-/m1/s1. The molecule has 7 heteroatoms. The zero-order valence-corrected chi connectivity index (χ0v) is 13.3. The fraction of sp³-hybridized carbons (Fsp3) is 0.429. The van der Waals surface area contributed by atoms with E-state index in [-0.39, 0.29) is 5.91 Å². The van der Waals surface area contributed by atoms with Gasteiger partial charge in [0.1, 0.15) is 11.9 Å². The second-order valence-electron chi connectivity index (χ2n) is 4.68. The van der Waals surface area contributed by atoms with E-state index in [2.05, 4.69) is 15.3 Å². The van der Waals surface area contributed by atoms with Crippen molar-refractivity contribution in [1.82, 2.24) is 15.3 Å². The Morgan fingerprint density at radius 3 is 3.14 bits per heavy atom. The monoisotopic (exact) mass is 327 g/mol. The Labute approximate surface area is 132 Å². The van der Waals surface area contributed by atoms with Crippen LogP contribution < -0.4 is 5.32 Å². The van der Waals surface area contributed by atoms with Crippen molar-refractivity contribution in [2.24, 2.45) is 0 Å². The van der Waals surface area contributed by atoms with Crippen molar-refractivity contribution in [3.8, 4) is 0 Å². The predicted octanol–water partition coefficient (Wildman–Crippen LogP) is 1.99. The molecular weight excluding hydrogens is 310 g/mol. The molecule has 0 aliphatic heterocycles. The summed E-state index contributed by atoms with van der Waals surface area (Å²) in [4.78, 5) is 19.2. The number of nitrogens with one attached hydrogen (secondary N) is 2. The third-order valence-electron chi connectivity index (χ3n) is 3.05. The molecule has 0 radical (unpaired) electrons. The highest BCUT2D eigenvalue weighted by Gasteiger charge is 2.13. The molecule has 2 aromatic rings. The molecule has 0 aliphatic rings. The summed E-state index contributed by atoms with van der Waals surface area (Å²) in [7, 11) is 0. The average molecular weight is 328 g/mol. The van der Waals surface area contributed by atoms with Crippen LogP contribution in [0.15, 0.2) is 18.2 Å². The molecule has 5 nitrogen and oxygen atoms in total. The quantitative estimate of drug-likeness (QED) is 0.726. The summed E-state index contributed by atoms with van der Waals surface area (Å²) in [6.45, 7) is 0.433. The van der Waals surface area contributed by atoms with Gasteiger partial charge in [-0.05, 0) is 36.6 Å². The Balaban J connectivity index is 1.83. The largest absolute Gasteiger partial charge is 0.383 e. The third-order valence-corrected chi connectivity index (χ3v) is 3.93. The maximum atomic E-state index is 11.6. The van der Waals surface area contributed by atoms with Gasteiger partial charge >= 0.3 is 0 Å². The lowest BCUT2D eigenvalue weighted by Crippen LogP contribution is -2.36. The molecule has 1 aromatic heterocycles. The van der Waals surface area contributed by atoms with Crippen LogP contribution >= 0.6 is 23.4 Å². The second kappa shape index (κ2) is 7.68. The van der Waals surface area contributed by atoms with Crippen LogP contribution in [0.1, 0.15) is 12.2 Å². The molecule has 1 aromatic carbocycles. The van der Waals surface area contributed by atoms with Crippen LogP contribution in [0.3, 0.4) is 0 Å². The maximum Gasteiger partial charge on any atom is 0.248 e. The number of imidazole rings is 1. The molecule has 0 saturated heterocycles. The average Bonchev–Trinajstić information content (AvgIpc) is 2.86. The van der Waals surface area contributed by atoms with Gasteiger partial charge < -0.3 is 15.4 Å². The minimum Gasteiger partial charge on any atom is -0.383 e. The summed E-state index contributed by atoms with van der Waals surface area (Å²) < 4.78 is 0. The summed E-state index contributed by atoms with van der Waals surface area (Å²) in [5.74, 6) is 1.22. The van der Waals surface area contributed by atoms with Crippen molar-refractivity contribution in [2.45, 2.75) is 18.9 Å². The van der Waals surface area contributed by atoms with Gasteiger partial charge in [-0.3, -0.25) is 4.79 Å². The number of amides is 1. The fourth-order valence-corrected chi connectivity index (χ4v) is 2.57. The van der Waals surface area contributed by atoms with Gasteiger partial charge in [-0.1, -0.05) is 11.6 Å². The molecule has 0 fully saturated rings. The number of rotatable bonds is 7. The van der Waals surface area contributed by atoms with E-state index >= 15 is 0 Å². The predicted molar refractivity (Wildman–Crippen MR) is 86.8 cm³/mol. The van der Waals surface area contributed by atoms with Gasteiger partial charge in [0.25, 0.3) is 0 Å². The van der Waals surface area contributed by atoms with Crippen molar-refractivity contribution in [2.75, 3.05) is 18.6 Å². The van der Waals surface area contributed by atoms with E-state index in [1.807, 2.05) is 18.4 Å². The molecule has 1 amide bonds. The van der Waals surface area contributed by atoms with Gasteiger partial charge in [0, 0.05) is 18.0 Å². The summed E-state index contributed by atoms with van der Waals surface area (Å²) in [5.41, 5.74) is 1.73. The SMILES string of the molecule is CSCC[C@@H](O)C(=O)NCCc1nc2ccc(Cl)cc2[nH]1.